The van der Waals surface area contributed by atoms with Crippen LogP contribution in [0, 0.1) is 21.4 Å². The van der Waals surface area contributed by atoms with Gasteiger partial charge >= 0.3 is 5.97 Å². The van der Waals surface area contributed by atoms with Crippen LogP contribution >= 0.6 is 0 Å². The van der Waals surface area contributed by atoms with Gasteiger partial charge < -0.3 is 10.4 Å². The standard InChI is InChI=1S/C12H11N3O5/c13-7-8-4-5-9(10(6-8)15(19)20)14-11(16)2-1-3-12(17)18/h4-6H,1-3H2,(H,14,16)(H,17,18). The van der Waals surface area contributed by atoms with Crippen LogP contribution in [0.3, 0.4) is 0 Å². The van der Waals surface area contributed by atoms with E-state index in [-0.39, 0.29) is 36.2 Å². The lowest BCUT2D eigenvalue weighted by Crippen LogP contribution is -2.13. The number of anilines is 1. The van der Waals surface area contributed by atoms with Gasteiger partial charge in [-0.3, -0.25) is 19.7 Å². The smallest absolute Gasteiger partial charge is 0.303 e. The van der Waals surface area contributed by atoms with Crippen molar-refractivity contribution < 1.29 is 19.6 Å². The number of aliphatic carboxylic acids is 1. The summed E-state index contributed by atoms with van der Waals surface area (Å²) in [5.74, 6) is -1.53. The van der Waals surface area contributed by atoms with Crippen LogP contribution in [0.4, 0.5) is 11.4 Å². The summed E-state index contributed by atoms with van der Waals surface area (Å²) in [6, 6.07) is 5.45. The first kappa shape index (κ1) is 15.1. The van der Waals surface area contributed by atoms with E-state index in [0.717, 1.165) is 6.07 Å². The average Bonchev–Trinajstić information content (AvgIpc) is 2.38. The van der Waals surface area contributed by atoms with Crippen LogP contribution < -0.4 is 5.32 Å². The highest BCUT2D eigenvalue weighted by atomic mass is 16.6. The fraction of sp³-hybridized carbons (Fsp3) is 0.250. The van der Waals surface area contributed by atoms with Crippen molar-refractivity contribution in [3.63, 3.8) is 0 Å². The molecule has 0 unspecified atom stereocenters. The molecule has 0 fully saturated rings. The Morgan fingerprint density at radius 1 is 1.40 bits per heavy atom. The van der Waals surface area contributed by atoms with E-state index >= 15 is 0 Å². The number of nitrogens with zero attached hydrogens (tertiary/aromatic N) is 2. The minimum Gasteiger partial charge on any atom is -0.481 e. The van der Waals surface area contributed by atoms with E-state index in [0.29, 0.717) is 0 Å². The second-order valence-corrected chi connectivity index (χ2v) is 3.90. The molecule has 0 saturated heterocycles. The molecule has 1 amide bonds. The largest absolute Gasteiger partial charge is 0.481 e. The van der Waals surface area contributed by atoms with Gasteiger partial charge in [-0.2, -0.15) is 5.26 Å². The molecule has 0 spiro atoms. The van der Waals surface area contributed by atoms with E-state index < -0.39 is 16.8 Å². The molecular formula is C12H11N3O5. The molecule has 0 atom stereocenters. The lowest BCUT2D eigenvalue weighted by atomic mass is 10.1. The number of nitriles is 1. The summed E-state index contributed by atoms with van der Waals surface area (Å²) in [6.07, 6.45) is -0.0580. The van der Waals surface area contributed by atoms with Crippen molar-refractivity contribution in [3.8, 4) is 6.07 Å². The van der Waals surface area contributed by atoms with Crippen LogP contribution in [0.5, 0.6) is 0 Å². The molecule has 0 radical (unpaired) electrons. The first-order valence-corrected chi connectivity index (χ1v) is 5.64. The Labute approximate surface area is 113 Å². The Morgan fingerprint density at radius 3 is 2.65 bits per heavy atom. The van der Waals surface area contributed by atoms with Crippen LogP contribution in [0.1, 0.15) is 24.8 Å². The van der Waals surface area contributed by atoms with Crippen LogP contribution in [0.15, 0.2) is 18.2 Å². The number of nitrogens with one attached hydrogen (secondary N) is 1. The highest BCUT2D eigenvalue weighted by molar-refractivity contribution is 5.93. The molecule has 8 heteroatoms. The molecule has 104 valence electrons. The second kappa shape index (κ2) is 6.84. The van der Waals surface area contributed by atoms with Gasteiger partial charge in [0.15, 0.2) is 0 Å². The van der Waals surface area contributed by atoms with Crippen molar-refractivity contribution in [1.82, 2.24) is 0 Å². The Morgan fingerprint density at radius 2 is 2.10 bits per heavy atom. The molecule has 20 heavy (non-hydrogen) atoms. The number of hydrogen-bond acceptors (Lipinski definition) is 5. The minimum atomic E-state index is -1.01. The van der Waals surface area contributed by atoms with E-state index in [9.17, 15) is 19.7 Å². The molecule has 0 heterocycles. The molecule has 1 aromatic rings. The Kier molecular flexibility index (Phi) is 5.17. The van der Waals surface area contributed by atoms with Crippen LogP contribution in [-0.4, -0.2) is 21.9 Å². The number of carbonyl (C=O) groups excluding carboxylic acids is 1. The summed E-state index contributed by atoms with van der Waals surface area (Å²) in [5.41, 5.74) is -0.287. The molecule has 2 N–H and O–H groups in total. The molecule has 0 aromatic heterocycles. The number of carboxylic acid groups (broad SMARTS) is 1. The van der Waals surface area contributed by atoms with Gasteiger partial charge in [0.05, 0.1) is 16.6 Å². The van der Waals surface area contributed by atoms with E-state index in [2.05, 4.69) is 5.32 Å². The fourth-order valence-electron chi connectivity index (χ4n) is 1.47. The number of carbonyl (C=O) groups is 2. The van der Waals surface area contributed by atoms with Crippen molar-refractivity contribution >= 4 is 23.3 Å². The molecule has 1 rings (SSSR count). The normalized spacial score (nSPS) is 9.55. The zero-order valence-electron chi connectivity index (χ0n) is 10.3. The third-order valence-electron chi connectivity index (χ3n) is 2.39. The Balaban J connectivity index is 2.77. The highest BCUT2D eigenvalue weighted by Crippen LogP contribution is 2.25. The quantitative estimate of drug-likeness (QED) is 0.600. The zero-order chi connectivity index (χ0) is 15.1. The summed E-state index contributed by atoms with van der Waals surface area (Å²) < 4.78 is 0. The maximum atomic E-state index is 11.5. The number of amides is 1. The lowest BCUT2D eigenvalue weighted by Gasteiger charge is -2.05. The molecule has 0 bridgehead atoms. The second-order valence-electron chi connectivity index (χ2n) is 3.90. The van der Waals surface area contributed by atoms with Crippen molar-refractivity contribution in [1.29, 1.82) is 5.26 Å². The molecule has 0 aliphatic carbocycles. The van der Waals surface area contributed by atoms with Crippen molar-refractivity contribution in [2.24, 2.45) is 0 Å². The number of hydrogen-bond donors (Lipinski definition) is 2. The van der Waals surface area contributed by atoms with E-state index in [1.165, 1.54) is 12.1 Å². The monoisotopic (exact) mass is 277 g/mol. The third-order valence-corrected chi connectivity index (χ3v) is 2.39. The summed E-state index contributed by atoms with van der Waals surface area (Å²) >= 11 is 0. The van der Waals surface area contributed by atoms with Crippen LogP contribution in [0.2, 0.25) is 0 Å². The number of rotatable bonds is 6. The van der Waals surface area contributed by atoms with E-state index in [4.69, 9.17) is 10.4 Å². The maximum Gasteiger partial charge on any atom is 0.303 e. The molecule has 0 saturated carbocycles. The summed E-state index contributed by atoms with van der Waals surface area (Å²) in [6.45, 7) is 0. The van der Waals surface area contributed by atoms with E-state index in [1.54, 1.807) is 6.07 Å². The predicted octanol–water partition coefficient (Wildman–Crippen LogP) is 1.66. The van der Waals surface area contributed by atoms with Crippen molar-refractivity contribution in [2.45, 2.75) is 19.3 Å². The summed E-state index contributed by atoms with van der Waals surface area (Å²) in [4.78, 5) is 32.0. The third kappa shape index (κ3) is 4.38. The minimum absolute atomic E-state index is 0.0191. The number of nitro groups is 1. The van der Waals surface area contributed by atoms with Gasteiger partial charge in [0.25, 0.3) is 5.69 Å². The summed E-state index contributed by atoms with van der Waals surface area (Å²) in [7, 11) is 0. The first-order valence-electron chi connectivity index (χ1n) is 5.64. The Bertz CT molecular complexity index is 591. The Hall–Kier alpha value is -2.95. The van der Waals surface area contributed by atoms with Crippen molar-refractivity contribution in [3.05, 3.63) is 33.9 Å². The molecule has 0 aliphatic rings. The van der Waals surface area contributed by atoms with Gasteiger partial charge in [0.1, 0.15) is 5.69 Å². The van der Waals surface area contributed by atoms with Gasteiger partial charge in [0.2, 0.25) is 5.91 Å². The lowest BCUT2D eigenvalue weighted by molar-refractivity contribution is -0.383. The predicted molar refractivity (Wildman–Crippen MR) is 67.9 cm³/mol. The molecular weight excluding hydrogens is 266 g/mol. The number of nitro benzene ring substituents is 1. The fourth-order valence-corrected chi connectivity index (χ4v) is 1.47. The number of carboxylic acids is 1. The van der Waals surface area contributed by atoms with Gasteiger partial charge in [-0.25, -0.2) is 0 Å². The molecule has 8 nitrogen and oxygen atoms in total. The maximum absolute atomic E-state index is 11.5. The number of benzene rings is 1. The topological polar surface area (TPSA) is 133 Å². The average molecular weight is 277 g/mol. The van der Waals surface area contributed by atoms with E-state index in [1.807, 2.05) is 0 Å². The highest BCUT2D eigenvalue weighted by Gasteiger charge is 2.16. The SMILES string of the molecule is N#Cc1ccc(NC(=O)CCCC(=O)O)c([N+](=O)[O-])c1. The van der Waals surface area contributed by atoms with Crippen molar-refractivity contribution in [2.75, 3.05) is 5.32 Å². The van der Waals surface area contributed by atoms with Gasteiger partial charge in [-0.05, 0) is 18.6 Å². The van der Waals surface area contributed by atoms with Gasteiger partial charge in [-0.1, -0.05) is 0 Å². The summed E-state index contributed by atoms with van der Waals surface area (Å²) in [5, 5.41) is 30.3. The van der Waals surface area contributed by atoms with Crippen LogP contribution in [-0.2, 0) is 9.59 Å². The first-order chi connectivity index (χ1) is 9.43. The molecule has 0 aliphatic heterocycles. The zero-order valence-corrected chi connectivity index (χ0v) is 10.3. The van der Waals surface area contributed by atoms with Crippen LogP contribution in [0.25, 0.3) is 0 Å². The van der Waals surface area contributed by atoms with Gasteiger partial charge in [0, 0.05) is 18.9 Å². The molecule has 1 aromatic carbocycles. The van der Waals surface area contributed by atoms with Gasteiger partial charge in [-0.15, -0.1) is 0 Å².